The van der Waals surface area contributed by atoms with Crippen molar-refractivity contribution in [3.05, 3.63) is 30.1 Å². The fourth-order valence-electron chi connectivity index (χ4n) is 4.08. The van der Waals surface area contributed by atoms with E-state index in [1.807, 2.05) is 18.0 Å². The van der Waals surface area contributed by atoms with Gasteiger partial charge in [-0.05, 0) is 40.4 Å². The van der Waals surface area contributed by atoms with E-state index in [1.54, 1.807) is 24.9 Å². The summed E-state index contributed by atoms with van der Waals surface area (Å²) in [5.41, 5.74) is 3.00. The second-order valence-corrected chi connectivity index (χ2v) is 9.42. The van der Waals surface area contributed by atoms with Crippen LogP contribution in [0.1, 0.15) is 13.8 Å². The van der Waals surface area contributed by atoms with E-state index in [0.29, 0.717) is 75.1 Å². The van der Waals surface area contributed by atoms with Gasteiger partial charge in [-0.25, -0.2) is 20.4 Å². The van der Waals surface area contributed by atoms with Gasteiger partial charge in [0.05, 0.1) is 32.6 Å². The summed E-state index contributed by atoms with van der Waals surface area (Å²) in [6, 6.07) is 3.73. The molecule has 1 aliphatic heterocycles. The second-order valence-electron chi connectivity index (χ2n) is 9.42. The predicted octanol–water partition coefficient (Wildman–Crippen LogP) is 1.98. The van der Waals surface area contributed by atoms with Crippen molar-refractivity contribution in [3.63, 3.8) is 0 Å². The molecule has 0 atom stereocenters. The molecule has 0 unspecified atom stereocenters. The Balaban J connectivity index is 1.91. The summed E-state index contributed by atoms with van der Waals surface area (Å²) >= 11 is 0. The standard InChI is InChI=1S/C27H38N10O4/c1-19(2)37(10-9-35(5)18-30-16-21(15-28-3)27(38)34-39)26-23(29-4)25(36-11-13-41-14-12-36)32-24(33-26)20-7-8-22(40-6)31-17-20/h7-8,15-17,19,39H,3-4,9-14,18H2,1-2,5-6H3,(H,34,38)/b21-15+,30-16-. The summed E-state index contributed by atoms with van der Waals surface area (Å²) in [6.45, 7) is 15.4. The van der Waals surface area contributed by atoms with E-state index < -0.39 is 5.91 Å². The van der Waals surface area contributed by atoms with Crippen LogP contribution in [-0.4, -0.2) is 117 Å². The monoisotopic (exact) mass is 566 g/mol. The third kappa shape index (κ3) is 8.36. The lowest BCUT2D eigenvalue weighted by Gasteiger charge is -2.34. The Kier molecular flexibility index (Phi) is 11.8. The number of hydrogen-bond donors (Lipinski definition) is 2. The number of ether oxygens (including phenoxy) is 2. The molecule has 220 valence electrons. The number of morpholine rings is 1. The van der Waals surface area contributed by atoms with Crippen molar-refractivity contribution in [2.75, 3.05) is 70.0 Å². The van der Waals surface area contributed by atoms with Gasteiger partial charge < -0.3 is 19.3 Å². The molecule has 3 rings (SSSR count). The van der Waals surface area contributed by atoms with Crippen LogP contribution in [0.25, 0.3) is 11.4 Å². The average molecular weight is 567 g/mol. The first-order valence-electron chi connectivity index (χ1n) is 13.1. The van der Waals surface area contributed by atoms with Gasteiger partial charge >= 0.3 is 0 Å². The fourth-order valence-corrected chi connectivity index (χ4v) is 4.08. The normalized spacial score (nSPS) is 14.0. The van der Waals surface area contributed by atoms with Crippen molar-refractivity contribution in [1.29, 1.82) is 0 Å². The Morgan fingerprint density at radius 2 is 2.02 bits per heavy atom. The summed E-state index contributed by atoms with van der Waals surface area (Å²) in [5.74, 6) is 1.66. The first-order chi connectivity index (χ1) is 19.8. The van der Waals surface area contributed by atoms with Gasteiger partial charge in [-0.2, -0.15) is 0 Å². The topological polar surface area (TPSA) is 153 Å². The minimum Gasteiger partial charge on any atom is -0.481 e. The number of likely N-dealkylation sites (N-methyl/N-ethyl adjacent to an activating group) is 1. The lowest BCUT2D eigenvalue weighted by Crippen LogP contribution is -2.40. The number of nitrogens with zero attached hydrogens (tertiary/aromatic N) is 9. The maximum atomic E-state index is 11.7. The highest BCUT2D eigenvalue weighted by atomic mass is 16.5. The van der Waals surface area contributed by atoms with Crippen molar-refractivity contribution in [2.45, 2.75) is 19.9 Å². The molecule has 2 aromatic rings. The molecule has 41 heavy (non-hydrogen) atoms. The average Bonchev–Trinajstić information content (AvgIpc) is 3.00. The highest BCUT2D eigenvalue weighted by Crippen LogP contribution is 2.38. The fraction of sp³-hybridized carbons (Fsp3) is 0.444. The van der Waals surface area contributed by atoms with E-state index in [0.717, 1.165) is 5.56 Å². The summed E-state index contributed by atoms with van der Waals surface area (Å²) in [6.07, 6.45) is 4.25. The number of hydroxylamine groups is 1. The summed E-state index contributed by atoms with van der Waals surface area (Å²) in [4.78, 5) is 44.5. The Labute approximate surface area is 240 Å². The van der Waals surface area contributed by atoms with Gasteiger partial charge in [0.25, 0.3) is 5.91 Å². The molecule has 1 fully saturated rings. The number of aliphatic imine (C=N–C) groups is 3. The molecule has 1 aliphatic rings. The lowest BCUT2D eigenvalue weighted by atomic mass is 10.2. The number of rotatable bonds is 14. The molecule has 0 radical (unpaired) electrons. The highest BCUT2D eigenvalue weighted by Gasteiger charge is 2.26. The van der Waals surface area contributed by atoms with Gasteiger partial charge in [0.1, 0.15) is 5.69 Å². The van der Waals surface area contributed by atoms with Crippen LogP contribution in [-0.2, 0) is 9.53 Å². The number of carbonyl (C=O) groups is 1. The van der Waals surface area contributed by atoms with Gasteiger partial charge in [-0.15, -0.1) is 0 Å². The van der Waals surface area contributed by atoms with Crippen molar-refractivity contribution in [2.24, 2.45) is 15.0 Å². The zero-order valence-corrected chi connectivity index (χ0v) is 24.0. The molecule has 2 N–H and O–H groups in total. The maximum Gasteiger partial charge on any atom is 0.277 e. The molecule has 14 nitrogen and oxygen atoms in total. The zero-order valence-electron chi connectivity index (χ0n) is 24.0. The molecule has 1 saturated heterocycles. The van der Waals surface area contributed by atoms with Crippen molar-refractivity contribution < 1.29 is 19.5 Å². The number of aromatic nitrogens is 3. The minimum absolute atomic E-state index is 0.0723. The Morgan fingerprint density at radius 1 is 1.27 bits per heavy atom. The number of hydrogen-bond acceptors (Lipinski definition) is 13. The predicted molar refractivity (Wildman–Crippen MR) is 160 cm³/mol. The minimum atomic E-state index is -0.720. The van der Waals surface area contributed by atoms with Gasteiger partial charge in [0.15, 0.2) is 17.5 Å². The Bertz CT molecular complexity index is 1240. The van der Waals surface area contributed by atoms with Crippen molar-refractivity contribution >= 4 is 42.9 Å². The van der Waals surface area contributed by atoms with E-state index in [1.165, 1.54) is 12.4 Å². The van der Waals surface area contributed by atoms with Crippen LogP contribution >= 0.6 is 0 Å². The quantitative estimate of drug-likeness (QED) is 0.150. The molecule has 0 aromatic carbocycles. The van der Waals surface area contributed by atoms with Crippen LogP contribution in [0.3, 0.4) is 0 Å². The number of amides is 1. The van der Waals surface area contributed by atoms with Crippen molar-refractivity contribution in [1.82, 2.24) is 25.3 Å². The van der Waals surface area contributed by atoms with Crippen LogP contribution in [0.5, 0.6) is 5.88 Å². The van der Waals surface area contributed by atoms with Gasteiger partial charge in [-0.1, -0.05) is 0 Å². The molecule has 2 aromatic heterocycles. The van der Waals surface area contributed by atoms with Crippen LogP contribution in [0.2, 0.25) is 0 Å². The van der Waals surface area contributed by atoms with E-state index in [4.69, 9.17) is 24.6 Å². The SMILES string of the molecule is C=N/C=C(\C=N/CN(C)CCN(c1nc(-c2ccc(OC)nc2)nc(N2CCOCC2)c1N=C)C(C)C)C(=O)NO. The van der Waals surface area contributed by atoms with Crippen LogP contribution in [0, 0.1) is 0 Å². The van der Waals surface area contributed by atoms with E-state index in [2.05, 4.69) is 57.0 Å². The van der Waals surface area contributed by atoms with Crippen LogP contribution < -0.4 is 20.0 Å². The van der Waals surface area contributed by atoms with Crippen LogP contribution in [0.15, 0.2) is 45.1 Å². The molecule has 14 heteroatoms. The zero-order chi connectivity index (χ0) is 29.8. The Morgan fingerprint density at radius 3 is 2.61 bits per heavy atom. The first-order valence-corrected chi connectivity index (χ1v) is 13.1. The largest absolute Gasteiger partial charge is 0.481 e. The van der Waals surface area contributed by atoms with Crippen LogP contribution in [0.4, 0.5) is 17.3 Å². The Hall–Kier alpha value is -4.27. The molecule has 3 heterocycles. The number of carbonyl (C=O) groups excluding carboxylic acids is 1. The van der Waals surface area contributed by atoms with Gasteiger partial charge in [0, 0.05) is 62.5 Å². The molecule has 0 spiro atoms. The molecule has 0 saturated carbocycles. The summed E-state index contributed by atoms with van der Waals surface area (Å²) in [5, 5.41) is 8.89. The molecule has 1 amide bonds. The third-order valence-corrected chi connectivity index (χ3v) is 6.29. The van der Waals surface area contributed by atoms with Crippen molar-refractivity contribution in [3.8, 4) is 17.3 Å². The van der Waals surface area contributed by atoms with Gasteiger partial charge in [-0.3, -0.25) is 29.9 Å². The highest BCUT2D eigenvalue weighted by molar-refractivity contribution is 6.11. The number of anilines is 2. The molecule has 0 aliphatic carbocycles. The third-order valence-electron chi connectivity index (χ3n) is 6.29. The first kappa shape index (κ1) is 31.3. The number of nitrogens with one attached hydrogen (secondary N) is 1. The maximum absolute atomic E-state index is 11.7. The van der Waals surface area contributed by atoms with Gasteiger partial charge in [0.2, 0.25) is 5.88 Å². The second kappa shape index (κ2) is 15.5. The lowest BCUT2D eigenvalue weighted by molar-refractivity contribution is -0.124. The summed E-state index contributed by atoms with van der Waals surface area (Å²) < 4.78 is 10.8. The molecular weight excluding hydrogens is 528 g/mol. The summed E-state index contributed by atoms with van der Waals surface area (Å²) in [7, 11) is 3.48. The smallest absolute Gasteiger partial charge is 0.277 e. The molecular formula is C27H38N10O4. The number of methoxy groups -OCH3 is 1. The van der Waals surface area contributed by atoms with E-state index in [9.17, 15) is 4.79 Å². The van der Waals surface area contributed by atoms with E-state index in [-0.39, 0.29) is 11.6 Å². The number of pyridine rings is 1. The van der Waals surface area contributed by atoms with E-state index >= 15 is 0 Å². The molecule has 0 bridgehead atoms.